The number of hydrogen-bond acceptors (Lipinski definition) is 5. The van der Waals surface area contributed by atoms with Gasteiger partial charge < -0.3 is 14.2 Å². The van der Waals surface area contributed by atoms with E-state index in [9.17, 15) is 0 Å². The fraction of sp³-hybridized carbons (Fsp3) is 0.667. The van der Waals surface area contributed by atoms with Gasteiger partial charge in [0.05, 0.1) is 19.3 Å². The number of rotatable bonds is 9. The molecule has 1 aromatic carbocycles. The highest BCUT2D eigenvalue weighted by Gasteiger charge is 2.30. The van der Waals surface area contributed by atoms with Crippen LogP contribution in [0.15, 0.2) is 30.3 Å². The average molecular weight is 322 g/mol. The van der Waals surface area contributed by atoms with Crippen molar-refractivity contribution >= 4 is 0 Å². The summed E-state index contributed by atoms with van der Waals surface area (Å²) in [5, 5.41) is 1.96. The highest BCUT2D eigenvalue weighted by atomic mass is 16.8. The van der Waals surface area contributed by atoms with Crippen molar-refractivity contribution in [3.05, 3.63) is 35.9 Å². The molecule has 0 unspecified atom stereocenters. The van der Waals surface area contributed by atoms with Gasteiger partial charge in [-0.2, -0.15) is 0 Å². The minimum atomic E-state index is -0.265. The molecule has 0 saturated carbocycles. The maximum Gasteiger partial charge on any atom is 0.177 e. The zero-order valence-electron chi connectivity index (χ0n) is 14.5. The van der Waals surface area contributed by atoms with Crippen molar-refractivity contribution in [2.24, 2.45) is 0 Å². The van der Waals surface area contributed by atoms with E-state index < -0.39 is 0 Å². The Bertz CT molecular complexity index is 428. The highest BCUT2D eigenvalue weighted by molar-refractivity contribution is 5.13. The van der Waals surface area contributed by atoms with Crippen LogP contribution in [-0.4, -0.2) is 44.3 Å². The Kier molecular flexibility index (Phi) is 7.99. The van der Waals surface area contributed by atoms with Crippen LogP contribution < -0.4 is 5.43 Å². The molecule has 3 atom stereocenters. The zero-order chi connectivity index (χ0) is 16.5. The number of benzene rings is 1. The highest BCUT2D eigenvalue weighted by Crippen LogP contribution is 2.20. The van der Waals surface area contributed by atoms with Gasteiger partial charge in [0.25, 0.3) is 0 Å². The lowest BCUT2D eigenvalue weighted by atomic mass is 10.1. The summed E-state index contributed by atoms with van der Waals surface area (Å²) in [6.07, 6.45) is 3.62. The zero-order valence-corrected chi connectivity index (χ0v) is 14.5. The van der Waals surface area contributed by atoms with Gasteiger partial charge in [-0.25, -0.2) is 5.43 Å². The lowest BCUT2D eigenvalue weighted by Crippen LogP contribution is -2.51. The molecule has 2 rings (SSSR count). The largest absolute Gasteiger partial charge is 0.351 e. The first-order chi connectivity index (χ1) is 11.2. The molecule has 1 N–H and O–H groups in total. The summed E-state index contributed by atoms with van der Waals surface area (Å²) in [5.74, 6) is 0. The predicted molar refractivity (Wildman–Crippen MR) is 90.6 cm³/mol. The van der Waals surface area contributed by atoms with Crippen molar-refractivity contribution in [2.75, 3.05) is 20.7 Å². The molecule has 23 heavy (non-hydrogen) atoms. The quantitative estimate of drug-likeness (QED) is 0.708. The van der Waals surface area contributed by atoms with Crippen LogP contribution in [0.5, 0.6) is 0 Å². The predicted octanol–water partition coefficient (Wildman–Crippen LogP) is 2.92. The summed E-state index contributed by atoms with van der Waals surface area (Å²) >= 11 is 0. The van der Waals surface area contributed by atoms with Gasteiger partial charge in [0.15, 0.2) is 12.6 Å². The second-order valence-corrected chi connectivity index (χ2v) is 6.16. The summed E-state index contributed by atoms with van der Waals surface area (Å²) in [6, 6.07) is 10.3. The van der Waals surface area contributed by atoms with E-state index in [1.807, 2.05) is 37.3 Å². The molecule has 5 nitrogen and oxygen atoms in total. The molecule has 5 heteroatoms. The Morgan fingerprint density at radius 2 is 2.09 bits per heavy atom. The molecule has 1 heterocycles. The third kappa shape index (κ3) is 6.57. The Morgan fingerprint density at radius 1 is 1.30 bits per heavy atom. The first-order valence-corrected chi connectivity index (χ1v) is 8.55. The van der Waals surface area contributed by atoms with Crippen LogP contribution in [0.3, 0.4) is 0 Å². The van der Waals surface area contributed by atoms with Gasteiger partial charge in [0, 0.05) is 20.5 Å². The molecule has 0 spiro atoms. The SMILES string of the molecule is CCCC[C@H](NN(C)C)[C@H]1OCC[C@@H](OCc2ccccc2)O1. The monoisotopic (exact) mass is 322 g/mol. The van der Waals surface area contributed by atoms with Crippen LogP contribution in [0, 0.1) is 0 Å². The van der Waals surface area contributed by atoms with Crippen molar-refractivity contribution in [1.29, 1.82) is 0 Å². The minimum absolute atomic E-state index is 0.146. The van der Waals surface area contributed by atoms with E-state index >= 15 is 0 Å². The van der Waals surface area contributed by atoms with E-state index in [0.29, 0.717) is 13.2 Å². The summed E-state index contributed by atoms with van der Waals surface area (Å²) in [6.45, 7) is 3.43. The average Bonchev–Trinajstić information content (AvgIpc) is 2.57. The first kappa shape index (κ1) is 18.4. The normalized spacial score (nSPS) is 23.1. The molecule has 0 aromatic heterocycles. The van der Waals surface area contributed by atoms with Crippen LogP contribution in [0.4, 0.5) is 0 Å². The van der Waals surface area contributed by atoms with Crippen LogP contribution in [0.1, 0.15) is 38.2 Å². The number of ether oxygens (including phenoxy) is 3. The lowest BCUT2D eigenvalue weighted by Gasteiger charge is -2.36. The Labute approximate surface area is 139 Å². The van der Waals surface area contributed by atoms with Crippen molar-refractivity contribution in [2.45, 2.75) is 57.8 Å². The van der Waals surface area contributed by atoms with Gasteiger partial charge in [-0.1, -0.05) is 50.1 Å². The van der Waals surface area contributed by atoms with E-state index in [2.05, 4.69) is 24.5 Å². The summed E-state index contributed by atoms with van der Waals surface area (Å²) < 4.78 is 17.8. The van der Waals surface area contributed by atoms with Crippen LogP contribution in [0.2, 0.25) is 0 Å². The van der Waals surface area contributed by atoms with Crippen molar-refractivity contribution in [1.82, 2.24) is 10.4 Å². The molecule has 1 fully saturated rings. The minimum Gasteiger partial charge on any atom is -0.351 e. The Balaban J connectivity index is 1.84. The Morgan fingerprint density at radius 3 is 2.78 bits per heavy atom. The number of nitrogens with zero attached hydrogens (tertiary/aromatic N) is 1. The molecular weight excluding hydrogens is 292 g/mol. The smallest absolute Gasteiger partial charge is 0.177 e. The van der Waals surface area contributed by atoms with Crippen LogP contribution in [0.25, 0.3) is 0 Å². The standard InChI is InChI=1S/C18H30N2O3/c1-4-5-11-16(19-20(2)3)18-21-13-12-17(23-18)22-14-15-9-7-6-8-10-15/h6-10,16-19H,4-5,11-14H2,1-3H3/t16-,17-,18-/m0/s1. The summed E-state index contributed by atoms with van der Waals surface area (Å²) in [5.41, 5.74) is 4.57. The van der Waals surface area contributed by atoms with Gasteiger partial charge >= 0.3 is 0 Å². The summed E-state index contributed by atoms with van der Waals surface area (Å²) in [7, 11) is 3.98. The van der Waals surface area contributed by atoms with Gasteiger partial charge in [-0.15, -0.1) is 0 Å². The number of hydrogen-bond donors (Lipinski definition) is 1. The maximum atomic E-state index is 6.03. The number of unbranched alkanes of at least 4 members (excludes halogenated alkanes) is 1. The molecule has 130 valence electrons. The van der Waals surface area contributed by atoms with Crippen molar-refractivity contribution in [3.8, 4) is 0 Å². The lowest BCUT2D eigenvalue weighted by molar-refractivity contribution is -0.298. The molecule has 0 bridgehead atoms. The molecular formula is C18H30N2O3. The first-order valence-electron chi connectivity index (χ1n) is 8.55. The topological polar surface area (TPSA) is 43.0 Å². The van der Waals surface area contributed by atoms with E-state index in [-0.39, 0.29) is 18.6 Å². The van der Waals surface area contributed by atoms with Crippen LogP contribution >= 0.6 is 0 Å². The second-order valence-electron chi connectivity index (χ2n) is 6.16. The fourth-order valence-electron chi connectivity index (χ4n) is 2.65. The maximum absolute atomic E-state index is 6.03. The Hall–Kier alpha value is -0.980. The van der Waals surface area contributed by atoms with E-state index in [1.165, 1.54) is 0 Å². The molecule has 0 radical (unpaired) electrons. The van der Waals surface area contributed by atoms with E-state index in [4.69, 9.17) is 14.2 Å². The van der Waals surface area contributed by atoms with Gasteiger partial charge in [0.2, 0.25) is 0 Å². The molecule has 1 aliphatic rings. The fourth-order valence-corrected chi connectivity index (χ4v) is 2.65. The van der Waals surface area contributed by atoms with Gasteiger partial charge in [-0.3, -0.25) is 5.01 Å². The molecule has 1 saturated heterocycles. The van der Waals surface area contributed by atoms with Crippen LogP contribution in [-0.2, 0) is 20.8 Å². The third-order valence-corrected chi connectivity index (χ3v) is 3.82. The molecule has 0 aliphatic carbocycles. The van der Waals surface area contributed by atoms with Crippen molar-refractivity contribution < 1.29 is 14.2 Å². The third-order valence-electron chi connectivity index (χ3n) is 3.82. The molecule has 0 amide bonds. The van der Waals surface area contributed by atoms with E-state index in [0.717, 1.165) is 31.2 Å². The number of nitrogens with one attached hydrogen (secondary N) is 1. The number of hydrazine groups is 1. The molecule has 1 aliphatic heterocycles. The molecule has 1 aromatic rings. The van der Waals surface area contributed by atoms with Crippen molar-refractivity contribution in [3.63, 3.8) is 0 Å². The van der Waals surface area contributed by atoms with Gasteiger partial charge in [0.1, 0.15) is 0 Å². The van der Waals surface area contributed by atoms with Gasteiger partial charge in [-0.05, 0) is 12.0 Å². The second kappa shape index (κ2) is 10.0. The van der Waals surface area contributed by atoms with E-state index in [1.54, 1.807) is 0 Å². The summed E-state index contributed by atoms with van der Waals surface area (Å²) in [4.78, 5) is 0.